The molecule has 1 N–H and O–H groups in total. The van der Waals surface area contributed by atoms with Crippen molar-refractivity contribution in [3.63, 3.8) is 0 Å². The van der Waals surface area contributed by atoms with Gasteiger partial charge >= 0.3 is 0 Å². The Morgan fingerprint density at radius 3 is 2.70 bits per heavy atom. The van der Waals surface area contributed by atoms with Crippen LogP contribution in [0.4, 0.5) is 0 Å². The Labute approximate surface area is 194 Å². The smallest absolute Gasteiger partial charge is 0.244 e. The van der Waals surface area contributed by atoms with Gasteiger partial charge in [-0.1, -0.05) is 29.5 Å². The molecule has 8 heteroatoms. The van der Waals surface area contributed by atoms with E-state index >= 15 is 0 Å². The molecule has 0 aliphatic carbocycles. The molecule has 1 fully saturated rings. The minimum absolute atomic E-state index is 0.00779. The molecular formula is C25H30N6O2. The van der Waals surface area contributed by atoms with Crippen LogP contribution in [0.2, 0.25) is 0 Å². The first-order valence-electron chi connectivity index (χ1n) is 11.4. The van der Waals surface area contributed by atoms with Crippen LogP contribution in [0.1, 0.15) is 31.0 Å². The van der Waals surface area contributed by atoms with Crippen molar-refractivity contribution >= 4 is 11.8 Å². The van der Waals surface area contributed by atoms with Crippen molar-refractivity contribution in [3.8, 4) is 11.1 Å². The second-order valence-corrected chi connectivity index (χ2v) is 8.73. The van der Waals surface area contributed by atoms with Crippen molar-refractivity contribution in [2.24, 2.45) is 5.41 Å². The van der Waals surface area contributed by atoms with Gasteiger partial charge in [0.1, 0.15) is 6.54 Å². The summed E-state index contributed by atoms with van der Waals surface area (Å²) in [5.74, 6) is -0.0350. The summed E-state index contributed by atoms with van der Waals surface area (Å²) in [7, 11) is 0. The van der Waals surface area contributed by atoms with E-state index in [2.05, 4.69) is 38.8 Å². The lowest BCUT2D eigenvalue weighted by molar-refractivity contribution is -0.142. The molecule has 2 amide bonds. The van der Waals surface area contributed by atoms with Gasteiger partial charge in [0, 0.05) is 38.2 Å². The molecule has 3 heterocycles. The Bertz CT molecular complexity index is 1110. The highest BCUT2D eigenvalue weighted by atomic mass is 16.2. The van der Waals surface area contributed by atoms with Crippen molar-refractivity contribution in [2.75, 3.05) is 19.6 Å². The minimum Gasteiger partial charge on any atom is -0.356 e. The van der Waals surface area contributed by atoms with Gasteiger partial charge in [-0.3, -0.25) is 14.6 Å². The molecule has 1 unspecified atom stereocenters. The zero-order chi connectivity index (χ0) is 23.3. The third-order valence-electron chi connectivity index (χ3n) is 6.18. The van der Waals surface area contributed by atoms with E-state index in [4.69, 9.17) is 0 Å². The molecule has 8 nitrogen and oxygen atoms in total. The highest BCUT2D eigenvalue weighted by Gasteiger charge is 2.43. The first-order valence-corrected chi connectivity index (χ1v) is 11.4. The number of piperidine rings is 1. The highest BCUT2D eigenvalue weighted by molar-refractivity contribution is 5.85. The van der Waals surface area contributed by atoms with Crippen LogP contribution >= 0.6 is 0 Å². The van der Waals surface area contributed by atoms with Gasteiger partial charge in [-0.15, -0.1) is 5.10 Å². The molecule has 1 aliphatic heterocycles. The molecule has 1 atom stereocenters. The first-order chi connectivity index (χ1) is 16.0. The number of rotatable bonds is 7. The molecule has 1 aromatic carbocycles. The summed E-state index contributed by atoms with van der Waals surface area (Å²) >= 11 is 0. The quantitative estimate of drug-likeness (QED) is 0.602. The fourth-order valence-electron chi connectivity index (χ4n) is 4.61. The number of hydrogen-bond donors (Lipinski definition) is 1. The summed E-state index contributed by atoms with van der Waals surface area (Å²) in [6.45, 7) is 5.49. The third-order valence-corrected chi connectivity index (χ3v) is 6.18. The predicted octanol–water partition coefficient (Wildman–Crippen LogP) is 2.64. The number of aryl methyl sites for hydroxylation is 1. The van der Waals surface area contributed by atoms with Crippen molar-refractivity contribution in [2.45, 2.75) is 39.7 Å². The summed E-state index contributed by atoms with van der Waals surface area (Å²) in [5, 5.41) is 11.0. The first kappa shape index (κ1) is 22.6. The van der Waals surface area contributed by atoms with Gasteiger partial charge in [0.15, 0.2) is 0 Å². The zero-order valence-corrected chi connectivity index (χ0v) is 19.2. The molecule has 0 radical (unpaired) electrons. The van der Waals surface area contributed by atoms with Gasteiger partial charge in [-0.05, 0) is 61.9 Å². The SMILES string of the molecule is CCNC(=O)C1(Cc2cccc(-c3ccncc3)c2)CCCN(C(=O)Cn2cc(C)nn2)C1. The number of aromatic nitrogens is 4. The van der Waals surface area contributed by atoms with Crippen LogP contribution in [-0.2, 0) is 22.6 Å². The van der Waals surface area contributed by atoms with Gasteiger partial charge in [0.2, 0.25) is 11.8 Å². The van der Waals surface area contributed by atoms with Gasteiger partial charge < -0.3 is 10.2 Å². The summed E-state index contributed by atoms with van der Waals surface area (Å²) in [6.07, 6.45) is 7.40. The second kappa shape index (κ2) is 9.94. The van der Waals surface area contributed by atoms with Crippen LogP contribution in [0.3, 0.4) is 0 Å². The number of nitrogens with one attached hydrogen (secondary N) is 1. The van der Waals surface area contributed by atoms with Crippen molar-refractivity contribution in [1.82, 2.24) is 30.2 Å². The largest absolute Gasteiger partial charge is 0.356 e. The Morgan fingerprint density at radius 2 is 1.97 bits per heavy atom. The fourth-order valence-corrected chi connectivity index (χ4v) is 4.61. The van der Waals surface area contributed by atoms with Crippen molar-refractivity contribution in [1.29, 1.82) is 0 Å². The molecule has 0 bridgehead atoms. The van der Waals surface area contributed by atoms with Crippen LogP contribution in [0.15, 0.2) is 55.0 Å². The molecular weight excluding hydrogens is 416 g/mol. The summed E-state index contributed by atoms with van der Waals surface area (Å²) in [6, 6.07) is 12.2. The molecule has 1 aliphatic rings. The van der Waals surface area contributed by atoms with E-state index in [0.717, 1.165) is 35.2 Å². The Morgan fingerprint density at radius 1 is 1.15 bits per heavy atom. The average Bonchev–Trinajstić information content (AvgIpc) is 3.24. The molecule has 2 aromatic heterocycles. The summed E-state index contributed by atoms with van der Waals surface area (Å²) in [5.41, 5.74) is 3.36. The number of benzene rings is 1. The highest BCUT2D eigenvalue weighted by Crippen LogP contribution is 2.35. The van der Waals surface area contributed by atoms with E-state index < -0.39 is 5.41 Å². The van der Waals surface area contributed by atoms with Crippen LogP contribution < -0.4 is 5.32 Å². The number of pyridine rings is 1. The van der Waals surface area contributed by atoms with Crippen molar-refractivity contribution < 1.29 is 9.59 Å². The molecule has 172 valence electrons. The Balaban J connectivity index is 1.57. The normalized spacial score (nSPS) is 18.2. The maximum atomic E-state index is 13.3. The lowest BCUT2D eigenvalue weighted by atomic mass is 9.74. The zero-order valence-electron chi connectivity index (χ0n) is 19.2. The molecule has 0 spiro atoms. The van der Waals surface area contributed by atoms with Gasteiger partial charge in [-0.25, -0.2) is 4.68 Å². The van der Waals surface area contributed by atoms with Gasteiger partial charge in [0.25, 0.3) is 0 Å². The summed E-state index contributed by atoms with van der Waals surface area (Å²) in [4.78, 5) is 32.3. The maximum absolute atomic E-state index is 13.3. The van der Waals surface area contributed by atoms with Crippen LogP contribution in [0, 0.1) is 12.3 Å². The van der Waals surface area contributed by atoms with Crippen LogP contribution in [-0.4, -0.2) is 56.3 Å². The molecule has 0 saturated carbocycles. The van der Waals surface area contributed by atoms with Crippen molar-refractivity contribution in [3.05, 3.63) is 66.2 Å². The maximum Gasteiger partial charge on any atom is 0.244 e. The molecule has 1 saturated heterocycles. The molecule has 33 heavy (non-hydrogen) atoms. The number of hydrogen-bond acceptors (Lipinski definition) is 5. The number of carbonyl (C=O) groups is 2. The standard InChI is InChI=1S/C25H30N6O2/c1-3-27-24(33)25(15-20-6-4-7-22(14-20)21-8-11-26-12-9-21)10-5-13-30(18-25)23(32)17-31-16-19(2)28-29-31/h4,6-9,11-12,14,16H,3,5,10,13,15,17-18H2,1-2H3,(H,27,33). The fraction of sp³-hybridized carbons (Fsp3) is 0.400. The summed E-state index contributed by atoms with van der Waals surface area (Å²) < 4.78 is 1.55. The van der Waals surface area contributed by atoms with Gasteiger partial charge in [-0.2, -0.15) is 0 Å². The monoisotopic (exact) mass is 446 g/mol. The van der Waals surface area contributed by atoms with E-state index in [1.165, 1.54) is 0 Å². The lowest BCUT2D eigenvalue weighted by Gasteiger charge is -2.42. The number of carbonyl (C=O) groups excluding carboxylic acids is 2. The number of amides is 2. The molecule has 3 aromatic rings. The topological polar surface area (TPSA) is 93.0 Å². The number of nitrogens with zero attached hydrogens (tertiary/aromatic N) is 5. The van der Waals surface area contributed by atoms with E-state index in [-0.39, 0.29) is 18.4 Å². The van der Waals surface area contributed by atoms with Gasteiger partial charge in [0.05, 0.1) is 11.1 Å². The van der Waals surface area contributed by atoms with Crippen LogP contribution in [0.5, 0.6) is 0 Å². The molecule has 4 rings (SSSR count). The lowest BCUT2D eigenvalue weighted by Crippen LogP contribution is -2.55. The van der Waals surface area contributed by atoms with E-state index in [1.807, 2.05) is 36.9 Å². The average molecular weight is 447 g/mol. The third kappa shape index (κ3) is 5.27. The van der Waals surface area contributed by atoms with Crippen LogP contribution in [0.25, 0.3) is 11.1 Å². The number of likely N-dealkylation sites (tertiary alicyclic amines) is 1. The predicted molar refractivity (Wildman–Crippen MR) is 125 cm³/mol. The Kier molecular flexibility index (Phi) is 6.82. The Hall–Kier alpha value is -3.55. The second-order valence-electron chi connectivity index (χ2n) is 8.73. The minimum atomic E-state index is -0.668. The van der Waals surface area contributed by atoms with E-state index in [0.29, 0.717) is 26.1 Å². The van der Waals surface area contributed by atoms with E-state index in [1.54, 1.807) is 23.3 Å². The van der Waals surface area contributed by atoms with E-state index in [9.17, 15) is 9.59 Å².